The van der Waals surface area contributed by atoms with Crippen LogP contribution in [-0.4, -0.2) is 24.4 Å². The number of nitrogens with zero attached hydrogens (tertiary/aromatic N) is 1. The van der Waals surface area contributed by atoms with Gasteiger partial charge in [-0.25, -0.2) is 9.78 Å². The summed E-state index contributed by atoms with van der Waals surface area (Å²) in [5.74, 6) is -1.67. The van der Waals surface area contributed by atoms with Crippen molar-refractivity contribution >= 4 is 17.6 Å². The largest absolute Gasteiger partial charge is 0.573 e. The van der Waals surface area contributed by atoms with Gasteiger partial charge in [-0.1, -0.05) is 11.6 Å². The zero-order valence-electron chi connectivity index (χ0n) is 10.4. The third kappa shape index (κ3) is 3.27. The van der Waals surface area contributed by atoms with Gasteiger partial charge in [0.15, 0.2) is 0 Å². The van der Waals surface area contributed by atoms with E-state index in [2.05, 4.69) is 14.5 Å². The van der Waals surface area contributed by atoms with Crippen LogP contribution in [0.25, 0.3) is 11.5 Å². The van der Waals surface area contributed by atoms with Crippen LogP contribution in [0.2, 0.25) is 5.02 Å². The van der Waals surface area contributed by atoms with E-state index in [-0.39, 0.29) is 22.0 Å². The first-order valence-electron chi connectivity index (χ1n) is 5.40. The molecule has 1 aromatic carbocycles. The van der Waals surface area contributed by atoms with Gasteiger partial charge in [0.05, 0.1) is 29.5 Å². The van der Waals surface area contributed by atoms with E-state index < -0.39 is 18.1 Å². The molecular formula is C12H7ClF3NO4. The molecule has 0 fully saturated rings. The van der Waals surface area contributed by atoms with E-state index >= 15 is 0 Å². The van der Waals surface area contributed by atoms with Crippen LogP contribution in [0.4, 0.5) is 13.2 Å². The summed E-state index contributed by atoms with van der Waals surface area (Å²) in [6.45, 7) is 0. The normalized spacial score (nSPS) is 11.3. The molecule has 0 saturated heterocycles. The van der Waals surface area contributed by atoms with Gasteiger partial charge in [-0.05, 0) is 12.1 Å². The summed E-state index contributed by atoms with van der Waals surface area (Å²) < 4.78 is 50.5. The van der Waals surface area contributed by atoms with Gasteiger partial charge < -0.3 is 13.9 Å². The summed E-state index contributed by atoms with van der Waals surface area (Å²) in [4.78, 5) is 15.2. The van der Waals surface area contributed by atoms with Crippen molar-refractivity contribution in [3.8, 4) is 17.2 Å². The van der Waals surface area contributed by atoms with Crippen LogP contribution >= 0.6 is 11.6 Å². The number of aromatic nitrogens is 1. The highest BCUT2D eigenvalue weighted by Crippen LogP contribution is 2.40. The molecule has 0 atom stereocenters. The molecule has 0 radical (unpaired) electrons. The van der Waals surface area contributed by atoms with Crippen molar-refractivity contribution in [3.63, 3.8) is 0 Å². The number of halogens is 4. The van der Waals surface area contributed by atoms with E-state index in [1.807, 2.05) is 0 Å². The minimum absolute atomic E-state index is 0.137. The van der Waals surface area contributed by atoms with E-state index in [0.29, 0.717) is 0 Å². The number of methoxy groups -OCH3 is 1. The third-order valence-electron chi connectivity index (χ3n) is 2.38. The van der Waals surface area contributed by atoms with Gasteiger partial charge in [-0.2, -0.15) is 0 Å². The molecule has 9 heteroatoms. The number of esters is 1. The summed E-state index contributed by atoms with van der Waals surface area (Å²) in [5.41, 5.74) is -0.427. The predicted octanol–water partition coefficient (Wildman–Crippen LogP) is 3.68. The fourth-order valence-corrected chi connectivity index (χ4v) is 1.90. The van der Waals surface area contributed by atoms with Gasteiger partial charge in [0.1, 0.15) is 12.0 Å². The Kier molecular flexibility index (Phi) is 4.08. The highest BCUT2D eigenvalue weighted by atomic mass is 35.5. The molecule has 112 valence electrons. The first kappa shape index (κ1) is 15.2. The maximum absolute atomic E-state index is 12.4. The Hall–Kier alpha value is -2.22. The van der Waals surface area contributed by atoms with Gasteiger partial charge in [-0.3, -0.25) is 0 Å². The van der Waals surface area contributed by atoms with E-state index in [4.69, 9.17) is 16.0 Å². The first-order chi connectivity index (χ1) is 9.83. The van der Waals surface area contributed by atoms with Crippen LogP contribution in [-0.2, 0) is 4.74 Å². The van der Waals surface area contributed by atoms with Crippen LogP contribution in [0.1, 0.15) is 10.4 Å². The van der Waals surface area contributed by atoms with Crippen LogP contribution < -0.4 is 4.74 Å². The summed E-state index contributed by atoms with van der Waals surface area (Å²) in [5, 5.41) is -0.314. The van der Waals surface area contributed by atoms with Crippen molar-refractivity contribution in [1.29, 1.82) is 0 Å². The summed E-state index contributed by atoms with van der Waals surface area (Å²) >= 11 is 5.96. The zero-order chi connectivity index (χ0) is 15.6. The lowest BCUT2D eigenvalue weighted by molar-refractivity contribution is -0.274. The highest BCUT2D eigenvalue weighted by Gasteiger charge is 2.34. The molecule has 0 aliphatic heterocycles. The predicted molar refractivity (Wildman–Crippen MR) is 65.0 cm³/mol. The second-order valence-corrected chi connectivity index (χ2v) is 4.05. The highest BCUT2D eigenvalue weighted by molar-refractivity contribution is 6.36. The molecule has 21 heavy (non-hydrogen) atoms. The Labute approximate surface area is 121 Å². The quantitative estimate of drug-likeness (QED) is 0.807. The lowest BCUT2D eigenvalue weighted by Gasteiger charge is -2.14. The van der Waals surface area contributed by atoms with Crippen LogP contribution in [0, 0.1) is 0 Å². The molecule has 2 aromatic rings. The lowest BCUT2D eigenvalue weighted by Crippen LogP contribution is -2.18. The Balaban J connectivity index is 2.62. The number of carbonyl (C=O) groups excluding carboxylic acids is 1. The maximum Gasteiger partial charge on any atom is 0.573 e. The van der Waals surface area contributed by atoms with Crippen LogP contribution in [0.5, 0.6) is 5.75 Å². The molecule has 0 saturated carbocycles. The molecule has 0 unspecified atom stereocenters. The second-order valence-electron chi connectivity index (χ2n) is 3.68. The van der Waals surface area contributed by atoms with Crippen molar-refractivity contribution in [2.24, 2.45) is 0 Å². The topological polar surface area (TPSA) is 61.6 Å². The Morgan fingerprint density at radius 1 is 1.38 bits per heavy atom. The standard InChI is InChI=1S/C12H7ClF3NO4/c1-19-11(18)6-2-3-7(21-12(14,15)16)8(9(6)13)10-17-4-5-20-10/h2-5H,1H3. The molecular weight excluding hydrogens is 315 g/mol. The number of carbonyl (C=O) groups is 1. The number of rotatable bonds is 3. The van der Waals surface area contributed by atoms with Gasteiger partial charge in [0, 0.05) is 0 Å². The molecule has 0 amide bonds. The number of ether oxygens (including phenoxy) is 2. The van der Waals surface area contributed by atoms with E-state index in [0.717, 1.165) is 25.5 Å². The number of alkyl halides is 3. The van der Waals surface area contributed by atoms with E-state index in [1.54, 1.807) is 0 Å². The Morgan fingerprint density at radius 2 is 2.10 bits per heavy atom. The van der Waals surface area contributed by atoms with E-state index in [9.17, 15) is 18.0 Å². The van der Waals surface area contributed by atoms with Crippen LogP contribution in [0.15, 0.2) is 29.0 Å². The van der Waals surface area contributed by atoms with Crippen molar-refractivity contribution < 1.29 is 31.9 Å². The van der Waals surface area contributed by atoms with Crippen molar-refractivity contribution in [1.82, 2.24) is 4.98 Å². The van der Waals surface area contributed by atoms with Crippen molar-refractivity contribution in [3.05, 3.63) is 35.2 Å². The minimum Gasteiger partial charge on any atom is -0.465 e. The minimum atomic E-state index is -4.93. The number of hydrogen-bond acceptors (Lipinski definition) is 5. The van der Waals surface area contributed by atoms with Gasteiger partial charge in [-0.15, -0.1) is 13.2 Å². The molecule has 2 rings (SSSR count). The molecule has 0 spiro atoms. The number of benzene rings is 1. The number of hydrogen-bond donors (Lipinski definition) is 0. The fraction of sp³-hybridized carbons (Fsp3) is 0.167. The van der Waals surface area contributed by atoms with Crippen LogP contribution in [0.3, 0.4) is 0 Å². The molecule has 0 aliphatic rings. The summed E-state index contributed by atoms with van der Waals surface area (Å²) in [6, 6.07) is 1.99. The number of oxazole rings is 1. The smallest absolute Gasteiger partial charge is 0.465 e. The third-order valence-corrected chi connectivity index (χ3v) is 2.77. The SMILES string of the molecule is COC(=O)c1ccc(OC(F)(F)F)c(-c2ncco2)c1Cl. The summed E-state index contributed by atoms with van der Waals surface area (Å²) in [6.07, 6.45) is -2.57. The Morgan fingerprint density at radius 3 is 2.62 bits per heavy atom. The molecule has 0 N–H and O–H groups in total. The molecule has 1 heterocycles. The van der Waals surface area contributed by atoms with E-state index in [1.165, 1.54) is 6.20 Å². The monoisotopic (exact) mass is 321 g/mol. The molecule has 0 bridgehead atoms. The molecule has 5 nitrogen and oxygen atoms in total. The maximum atomic E-state index is 12.4. The molecule has 1 aromatic heterocycles. The summed E-state index contributed by atoms with van der Waals surface area (Å²) in [7, 11) is 1.11. The van der Waals surface area contributed by atoms with Crippen molar-refractivity contribution in [2.75, 3.05) is 7.11 Å². The molecule has 0 aliphatic carbocycles. The van der Waals surface area contributed by atoms with Gasteiger partial charge in [0.25, 0.3) is 0 Å². The van der Waals surface area contributed by atoms with Gasteiger partial charge >= 0.3 is 12.3 Å². The van der Waals surface area contributed by atoms with Gasteiger partial charge in [0.2, 0.25) is 5.89 Å². The van der Waals surface area contributed by atoms with Crippen molar-refractivity contribution in [2.45, 2.75) is 6.36 Å². The average molecular weight is 322 g/mol. The lowest BCUT2D eigenvalue weighted by atomic mass is 10.1. The Bertz CT molecular complexity index is 655. The second kappa shape index (κ2) is 5.65. The first-order valence-corrected chi connectivity index (χ1v) is 5.77. The average Bonchev–Trinajstić information content (AvgIpc) is 2.90. The zero-order valence-corrected chi connectivity index (χ0v) is 11.2. The fourth-order valence-electron chi connectivity index (χ4n) is 1.58.